The second-order valence-corrected chi connectivity index (χ2v) is 4.73. The second-order valence-electron chi connectivity index (χ2n) is 3.51. The number of nitrogens with two attached hydrogens (primary N) is 1. The highest BCUT2D eigenvalue weighted by molar-refractivity contribution is 6.43. The number of hydrogen-bond donors (Lipinski definition) is 1. The number of halogens is 3. The summed E-state index contributed by atoms with van der Waals surface area (Å²) in [6, 6.07) is 6.61. The SMILES string of the molecule is NCc1ccc(Oc2cc(Cl)c(Cl)cc2Cl)nc1. The lowest BCUT2D eigenvalue weighted by atomic mass is 10.3. The summed E-state index contributed by atoms with van der Waals surface area (Å²) in [7, 11) is 0. The standard InChI is InChI=1S/C12H9Cl3N2O/c13-8-3-10(15)11(4-9(8)14)18-12-2-1-7(5-16)6-17-12/h1-4,6H,5,16H2. The maximum Gasteiger partial charge on any atom is 0.219 e. The van der Waals surface area contributed by atoms with Crippen LogP contribution in [0.2, 0.25) is 15.1 Å². The summed E-state index contributed by atoms with van der Waals surface area (Å²) < 4.78 is 5.52. The van der Waals surface area contributed by atoms with Gasteiger partial charge in [-0.1, -0.05) is 40.9 Å². The highest BCUT2D eigenvalue weighted by Crippen LogP contribution is 2.35. The van der Waals surface area contributed by atoms with Crippen LogP contribution in [0.5, 0.6) is 11.6 Å². The molecule has 0 aliphatic carbocycles. The van der Waals surface area contributed by atoms with Crippen molar-refractivity contribution in [3.63, 3.8) is 0 Å². The Morgan fingerprint density at radius 1 is 1.06 bits per heavy atom. The number of aromatic nitrogens is 1. The molecule has 2 aromatic rings. The van der Waals surface area contributed by atoms with Crippen LogP contribution in [0.1, 0.15) is 5.56 Å². The Hall–Kier alpha value is -1.000. The van der Waals surface area contributed by atoms with E-state index in [0.717, 1.165) is 5.56 Å². The summed E-state index contributed by atoms with van der Waals surface area (Å²) in [4.78, 5) is 4.10. The summed E-state index contributed by atoms with van der Waals surface area (Å²) in [6.07, 6.45) is 1.64. The smallest absolute Gasteiger partial charge is 0.219 e. The van der Waals surface area contributed by atoms with Crippen LogP contribution in [-0.4, -0.2) is 4.98 Å². The maximum atomic E-state index is 5.99. The third-order valence-electron chi connectivity index (χ3n) is 2.22. The molecule has 1 heterocycles. The fraction of sp³-hybridized carbons (Fsp3) is 0.0833. The Morgan fingerprint density at radius 3 is 2.39 bits per heavy atom. The Morgan fingerprint density at radius 2 is 1.78 bits per heavy atom. The van der Waals surface area contributed by atoms with E-state index < -0.39 is 0 Å². The molecule has 3 nitrogen and oxygen atoms in total. The molecule has 0 atom stereocenters. The predicted octanol–water partition coefficient (Wildman–Crippen LogP) is 4.29. The van der Waals surface area contributed by atoms with Gasteiger partial charge in [-0.05, 0) is 11.6 Å². The topological polar surface area (TPSA) is 48.1 Å². The lowest BCUT2D eigenvalue weighted by Crippen LogP contribution is -1.97. The number of pyridine rings is 1. The van der Waals surface area contributed by atoms with Crippen LogP contribution < -0.4 is 10.5 Å². The van der Waals surface area contributed by atoms with Crippen LogP contribution in [0, 0.1) is 0 Å². The van der Waals surface area contributed by atoms with Gasteiger partial charge in [-0.3, -0.25) is 0 Å². The van der Waals surface area contributed by atoms with Crippen molar-refractivity contribution >= 4 is 34.8 Å². The van der Waals surface area contributed by atoms with Crippen molar-refractivity contribution < 1.29 is 4.74 Å². The molecule has 0 saturated heterocycles. The van der Waals surface area contributed by atoms with E-state index in [9.17, 15) is 0 Å². The van der Waals surface area contributed by atoms with Gasteiger partial charge in [0.2, 0.25) is 5.88 Å². The fourth-order valence-electron chi connectivity index (χ4n) is 1.29. The number of nitrogens with zero attached hydrogens (tertiary/aromatic N) is 1. The van der Waals surface area contributed by atoms with Gasteiger partial charge in [-0.25, -0.2) is 4.98 Å². The first-order valence-electron chi connectivity index (χ1n) is 5.07. The molecule has 1 aromatic heterocycles. The molecule has 2 rings (SSSR count). The number of hydrogen-bond acceptors (Lipinski definition) is 3. The maximum absolute atomic E-state index is 5.99. The molecular formula is C12H9Cl3N2O. The zero-order chi connectivity index (χ0) is 13.1. The Balaban J connectivity index is 2.25. The van der Waals surface area contributed by atoms with E-state index >= 15 is 0 Å². The first-order valence-corrected chi connectivity index (χ1v) is 6.21. The van der Waals surface area contributed by atoms with E-state index in [0.29, 0.717) is 33.2 Å². The average molecular weight is 304 g/mol. The molecule has 0 aliphatic heterocycles. The molecule has 0 saturated carbocycles. The van der Waals surface area contributed by atoms with Crippen LogP contribution in [0.15, 0.2) is 30.5 Å². The van der Waals surface area contributed by atoms with Crippen LogP contribution in [0.25, 0.3) is 0 Å². The summed E-state index contributed by atoms with van der Waals surface area (Å²) in [6.45, 7) is 0.431. The Kier molecular flexibility index (Phi) is 4.30. The van der Waals surface area contributed by atoms with Gasteiger partial charge in [0, 0.05) is 24.9 Å². The zero-order valence-corrected chi connectivity index (χ0v) is 11.4. The largest absolute Gasteiger partial charge is 0.437 e. The molecule has 0 unspecified atom stereocenters. The molecule has 2 N–H and O–H groups in total. The van der Waals surface area contributed by atoms with Crippen LogP contribution >= 0.6 is 34.8 Å². The van der Waals surface area contributed by atoms with Gasteiger partial charge in [-0.15, -0.1) is 0 Å². The third-order valence-corrected chi connectivity index (χ3v) is 3.24. The molecule has 94 valence electrons. The normalized spacial score (nSPS) is 10.4. The molecule has 0 aliphatic rings. The van der Waals surface area contributed by atoms with Gasteiger partial charge in [0.1, 0.15) is 5.75 Å². The average Bonchev–Trinajstić information content (AvgIpc) is 2.37. The van der Waals surface area contributed by atoms with Crippen LogP contribution in [-0.2, 0) is 6.54 Å². The van der Waals surface area contributed by atoms with E-state index in [1.807, 2.05) is 6.07 Å². The van der Waals surface area contributed by atoms with E-state index in [4.69, 9.17) is 45.3 Å². The lowest BCUT2D eigenvalue weighted by molar-refractivity contribution is 0.463. The first-order chi connectivity index (χ1) is 8.60. The molecule has 6 heteroatoms. The highest BCUT2D eigenvalue weighted by Gasteiger charge is 2.08. The van der Waals surface area contributed by atoms with Crippen molar-refractivity contribution in [1.29, 1.82) is 0 Å². The monoisotopic (exact) mass is 302 g/mol. The van der Waals surface area contributed by atoms with E-state index in [1.165, 1.54) is 6.07 Å². The van der Waals surface area contributed by atoms with Crippen molar-refractivity contribution in [2.24, 2.45) is 5.73 Å². The minimum atomic E-state index is 0.370. The van der Waals surface area contributed by atoms with E-state index in [-0.39, 0.29) is 0 Å². The van der Waals surface area contributed by atoms with Gasteiger partial charge in [-0.2, -0.15) is 0 Å². The highest BCUT2D eigenvalue weighted by atomic mass is 35.5. The van der Waals surface area contributed by atoms with Crippen molar-refractivity contribution in [3.8, 4) is 11.6 Å². The lowest BCUT2D eigenvalue weighted by Gasteiger charge is -2.08. The number of ether oxygens (including phenoxy) is 1. The summed E-state index contributed by atoms with van der Waals surface area (Å²) in [5.74, 6) is 0.812. The molecule has 0 spiro atoms. The van der Waals surface area contributed by atoms with E-state index in [2.05, 4.69) is 4.98 Å². The molecule has 0 radical (unpaired) electrons. The summed E-state index contributed by atoms with van der Waals surface area (Å²) >= 11 is 17.7. The van der Waals surface area contributed by atoms with Crippen molar-refractivity contribution in [3.05, 3.63) is 51.1 Å². The molecule has 1 aromatic carbocycles. The molecular weight excluding hydrogens is 295 g/mol. The Labute approximate surface area is 119 Å². The van der Waals surface area contributed by atoms with Gasteiger partial charge in [0.05, 0.1) is 15.1 Å². The van der Waals surface area contributed by atoms with Gasteiger partial charge in [0.15, 0.2) is 0 Å². The minimum Gasteiger partial charge on any atom is -0.437 e. The Bertz CT molecular complexity index is 558. The van der Waals surface area contributed by atoms with Crippen LogP contribution in [0.4, 0.5) is 0 Å². The fourth-order valence-corrected chi connectivity index (χ4v) is 1.86. The molecule has 18 heavy (non-hydrogen) atoms. The van der Waals surface area contributed by atoms with Crippen molar-refractivity contribution in [1.82, 2.24) is 4.98 Å². The van der Waals surface area contributed by atoms with Crippen molar-refractivity contribution in [2.45, 2.75) is 6.54 Å². The summed E-state index contributed by atoms with van der Waals surface area (Å²) in [5.41, 5.74) is 6.40. The van der Waals surface area contributed by atoms with Gasteiger partial charge < -0.3 is 10.5 Å². The first kappa shape index (κ1) is 13.4. The minimum absolute atomic E-state index is 0.370. The molecule has 0 amide bonds. The van der Waals surface area contributed by atoms with Gasteiger partial charge >= 0.3 is 0 Å². The zero-order valence-electron chi connectivity index (χ0n) is 9.16. The quantitative estimate of drug-likeness (QED) is 0.860. The van der Waals surface area contributed by atoms with E-state index in [1.54, 1.807) is 18.3 Å². The van der Waals surface area contributed by atoms with Crippen LogP contribution in [0.3, 0.4) is 0 Å². The second kappa shape index (κ2) is 5.76. The number of benzene rings is 1. The summed E-state index contributed by atoms with van der Waals surface area (Å²) in [5, 5.41) is 1.12. The predicted molar refractivity (Wildman–Crippen MR) is 73.7 cm³/mol. The van der Waals surface area contributed by atoms with Gasteiger partial charge in [0.25, 0.3) is 0 Å². The third kappa shape index (κ3) is 3.06. The molecule has 0 bridgehead atoms. The van der Waals surface area contributed by atoms with Crippen molar-refractivity contribution in [2.75, 3.05) is 0 Å². The molecule has 0 fully saturated rings. The number of rotatable bonds is 3.